The highest BCUT2D eigenvalue weighted by molar-refractivity contribution is 5.92. The first kappa shape index (κ1) is 12.9. The van der Waals surface area contributed by atoms with E-state index in [0.717, 1.165) is 5.69 Å². The third kappa shape index (κ3) is 4.07. The molecule has 2 amide bonds. The Hall–Kier alpha value is -2.15. The summed E-state index contributed by atoms with van der Waals surface area (Å²) in [5.41, 5.74) is 1.24. The van der Waals surface area contributed by atoms with Crippen molar-refractivity contribution in [3.05, 3.63) is 24.0 Å². The van der Waals surface area contributed by atoms with E-state index in [2.05, 4.69) is 15.6 Å². The van der Waals surface area contributed by atoms with Crippen molar-refractivity contribution in [3.63, 3.8) is 0 Å². The van der Waals surface area contributed by atoms with E-state index >= 15 is 0 Å². The fourth-order valence-corrected chi connectivity index (χ4v) is 1.05. The molecule has 0 spiro atoms. The lowest BCUT2D eigenvalue weighted by Crippen LogP contribution is -2.45. The van der Waals surface area contributed by atoms with Crippen LogP contribution in [0.4, 0.5) is 10.5 Å². The summed E-state index contributed by atoms with van der Waals surface area (Å²) in [5, 5.41) is 21.8. The first-order valence-corrected chi connectivity index (χ1v) is 4.86. The number of pyridine rings is 1. The number of amides is 2. The summed E-state index contributed by atoms with van der Waals surface area (Å²) in [4.78, 5) is 25.9. The van der Waals surface area contributed by atoms with Gasteiger partial charge in [0, 0.05) is 5.69 Å². The summed E-state index contributed by atoms with van der Waals surface area (Å²) in [6.45, 7) is 1.13. The Morgan fingerprint density at radius 1 is 1.47 bits per heavy atom. The zero-order valence-electron chi connectivity index (χ0n) is 9.17. The summed E-state index contributed by atoms with van der Waals surface area (Å²) in [6, 6.07) is 1.30. The molecule has 0 aliphatic heterocycles. The van der Waals surface area contributed by atoms with Crippen LogP contribution in [0.5, 0.6) is 0 Å². The van der Waals surface area contributed by atoms with E-state index in [1.165, 1.54) is 6.20 Å². The second kappa shape index (κ2) is 5.80. The summed E-state index contributed by atoms with van der Waals surface area (Å²) in [6.07, 6.45) is 1.45. The van der Waals surface area contributed by atoms with Gasteiger partial charge in [-0.05, 0) is 19.1 Å². The molecule has 0 saturated carbocycles. The summed E-state index contributed by atoms with van der Waals surface area (Å²) in [5.74, 6) is -1.30. The minimum Gasteiger partial charge on any atom is -0.480 e. The number of carboxylic acid groups (broad SMARTS) is 1. The highest BCUT2D eigenvalue weighted by atomic mass is 16.4. The van der Waals surface area contributed by atoms with Crippen LogP contribution >= 0.6 is 0 Å². The van der Waals surface area contributed by atoms with Crippen molar-refractivity contribution >= 4 is 17.7 Å². The second-order valence-corrected chi connectivity index (χ2v) is 3.36. The van der Waals surface area contributed by atoms with Crippen LogP contribution in [0, 0.1) is 6.92 Å². The normalized spacial score (nSPS) is 11.6. The molecule has 1 rings (SSSR count). The van der Waals surface area contributed by atoms with Crippen molar-refractivity contribution in [3.8, 4) is 0 Å². The number of aliphatic carboxylic acids is 1. The second-order valence-electron chi connectivity index (χ2n) is 3.36. The number of aromatic nitrogens is 1. The lowest BCUT2D eigenvalue weighted by molar-refractivity contribution is -0.140. The van der Waals surface area contributed by atoms with Crippen LogP contribution in [0.25, 0.3) is 0 Å². The number of carbonyl (C=O) groups excluding carboxylic acids is 1. The van der Waals surface area contributed by atoms with E-state index in [9.17, 15) is 9.59 Å². The molecule has 1 aromatic heterocycles. The van der Waals surface area contributed by atoms with Crippen molar-refractivity contribution in [1.82, 2.24) is 10.3 Å². The van der Waals surface area contributed by atoms with Crippen molar-refractivity contribution < 1.29 is 19.8 Å². The number of anilines is 1. The molecule has 92 valence electrons. The van der Waals surface area contributed by atoms with Gasteiger partial charge in [-0.2, -0.15) is 0 Å². The smallest absolute Gasteiger partial charge is 0.328 e. The average molecular weight is 239 g/mol. The van der Waals surface area contributed by atoms with Gasteiger partial charge in [-0.25, -0.2) is 9.59 Å². The molecule has 0 aromatic carbocycles. The molecular weight excluding hydrogens is 226 g/mol. The molecule has 0 aliphatic carbocycles. The van der Waals surface area contributed by atoms with Gasteiger partial charge >= 0.3 is 12.0 Å². The van der Waals surface area contributed by atoms with Crippen molar-refractivity contribution in [2.24, 2.45) is 0 Å². The number of urea groups is 1. The maximum absolute atomic E-state index is 11.3. The molecule has 0 fully saturated rings. The topological polar surface area (TPSA) is 112 Å². The van der Waals surface area contributed by atoms with E-state index in [4.69, 9.17) is 10.2 Å². The Morgan fingerprint density at radius 3 is 2.65 bits per heavy atom. The first-order chi connectivity index (χ1) is 8.02. The Labute approximate surface area is 97.5 Å². The molecule has 1 heterocycles. The molecule has 0 bridgehead atoms. The maximum Gasteiger partial charge on any atom is 0.328 e. The summed E-state index contributed by atoms with van der Waals surface area (Å²) >= 11 is 0. The number of carboxylic acids is 1. The minimum absolute atomic E-state index is 0.440. The molecule has 0 aliphatic rings. The van der Waals surface area contributed by atoms with E-state index < -0.39 is 24.6 Å². The van der Waals surface area contributed by atoms with E-state index in [-0.39, 0.29) is 0 Å². The Morgan fingerprint density at radius 2 is 2.18 bits per heavy atom. The summed E-state index contributed by atoms with van der Waals surface area (Å²) < 4.78 is 0. The molecule has 17 heavy (non-hydrogen) atoms. The highest BCUT2D eigenvalue weighted by Crippen LogP contribution is 2.04. The van der Waals surface area contributed by atoms with Gasteiger partial charge in [0.2, 0.25) is 0 Å². The average Bonchev–Trinajstić information content (AvgIpc) is 2.28. The third-order valence-electron chi connectivity index (χ3n) is 1.96. The van der Waals surface area contributed by atoms with Gasteiger partial charge in [0.25, 0.3) is 0 Å². The van der Waals surface area contributed by atoms with Gasteiger partial charge in [0.1, 0.15) is 0 Å². The number of nitrogens with zero attached hydrogens (tertiary/aromatic N) is 1. The van der Waals surface area contributed by atoms with Crippen LogP contribution in [0.2, 0.25) is 0 Å². The van der Waals surface area contributed by atoms with Gasteiger partial charge in [-0.15, -0.1) is 0 Å². The van der Waals surface area contributed by atoms with Crippen LogP contribution in [-0.4, -0.2) is 39.8 Å². The summed E-state index contributed by atoms with van der Waals surface area (Å²) in [7, 11) is 0. The Balaban J connectivity index is 2.54. The van der Waals surface area contributed by atoms with Crippen molar-refractivity contribution in [2.75, 3.05) is 11.9 Å². The van der Waals surface area contributed by atoms with Gasteiger partial charge in [0.05, 0.1) is 18.5 Å². The molecule has 1 aromatic rings. The maximum atomic E-state index is 11.3. The quantitative estimate of drug-likeness (QED) is 0.589. The van der Waals surface area contributed by atoms with Crippen molar-refractivity contribution in [1.29, 1.82) is 0 Å². The molecule has 0 radical (unpaired) electrons. The molecule has 4 N–H and O–H groups in total. The van der Waals surface area contributed by atoms with Crippen LogP contribution in [0.3, 0.4) is 0 Å². The number of carbonyl (C=O) groups is 2. The number of aliphatic hydroxyl groups is 1. The highest BCUT2D eigenvalue weighted by Gasteiger charge is 2.18. The lowest BCUT2D eigenvalue weighted by Gasteiger charge is -2.12. The molecule has 7 heteroatoms. The monoisotopic (exact) mass is 239 g/mol. The first-order valence-electron chi connectivity index (χ1n) is 4.86. The zero-order valence-corrected chi connectivity index (χ0v) is 9.17. The predicted molar refractivity (Wildman–Crippen MR) is 59.6 cm³/mol. The SMILES string of the molecule is Cc1ccc(NC(=O)NC(CO)C(=O)O)cn1. The number of hydrogen-bond acceptors (Lipinski definition) is 4. The number of rotatable bonds is 4. The lowest BCUT2D eigenvalue weighted by atomic mass is 10.3. The molecule has 7 nitrogen and oxygen atoms in total. The number of nitrogens with one attached hydrogen (secondary N) is 2. The Kier molecular flexibility index (Phi) is 4.41. The molecule has 0 saturated heterocycles. The standard InChI is InChI=1S/C10H13N3O4/c1-6-2-3-7(4-11-6)12-10(17)13-8(5-14)9(15)16/h2-4,8,14H,5H2,1H3,(H,15,16)(H2,12,13,17). The fourth-order valence-electron chi connectivity index (χ4n) is 1.05. The minimum atomic E-state index is -1.33. The zero-order chi connectivity index (χ0) is 12.8. The third-order valence-corrected chi connectivity index (χ3v) is 1.96. The number of hydrogen-bond donors (Lipinski definition) is 4. The van der Waals surface area contributed by atoms with E-state index in [1.54, 1.807) is 19.1 Å². The van der Waals surface area contributed by atoms with Crippen LogP contribution in [-0.2, 0) is 4.79 Å². The number of aliphatic hydroxyl groups excluding tert-OH is 1. The van der Waals surface area contributed by atoms with Crippen LogP contribution < -0.4 is 10.6 Å². The van der Waals surface area contributed by atoms with Gasteiger partial charge in [0.15, 0.2) is 6.04 Å². The predicted octanol–water partition coefficient (Wildman–Crippen LogP) is -0.0430. The van der Waals surface area contributed by atoms with E-state index in [0.29, 0.717) is 5.69 Å². The van der Waals surface area contributed by atoms with Crippen LogP contribution in [0.1, 0.15) is 5.69 Å². The fraction of sp³-hybridized carbons (Fsp3) is 0.300. The van der Waals surface area contributed by atoms with E-state index in [1.807, 2.05) is 0 Å². The molecule has 1 atom stereocenters. The molecule has 1 unspecified atom stereocenters. The van der Waals surface area contributed by atoms with Gasteiger partial charge in [-0.3, -0.25) is 4.98 Å². The Bertz CT molecular complexity index is 405. The number of aryl methyl sites for hydroxylation is 1. The largest absolute Gasteiger partial charge is 0.480 e. The van der Waals surface area contributed by atoms with Gasteiger partial charge < -0.3 is 20.8 Å². The van der Waals surface area contributed by atoms with Crippen molar-refractivity contribution in [2.45, 2.75) is 13.0 Å². The van der Waals surface area contributed by atoms with Crippen LogP contribution in [0.15, 0.2) is 18.3 Å². The van der Waals surface area contributed by atoms with Gasteiger partial charge in [-0.1, -0.05) is 0 Å². The molecular formula is C10H13N3O4.